The molecule has 1 N–H and O–H groups in total. The maximum atomic E-state index is 5.02. The van der Waals surface area contributed by atoms with Crippen LogP contribution in [0, 0.1) is 0 Å². The molecule has 4 nitrogen and oxygen atoms in total. The van der Waals surface area contributed by atoms with E-state index < -0.39 is 0 Å². The van der Waals surface area contributed by atoms with E-state index in [0.29, 0.717) is 0 Å². The monoisotopic (exact) mass is 255 g/mol. The first kappa shape index (κ1) is 14.3. The lowest BCUT2D eigenvalue weighted by Crippen LogP contribution is -2.55. The van der Waals surface area contributed by atoms with Crippen molar-refractivity contribution < 1.29 is 4.74 Å². The van der Waals surface area contributed by atoms with Crippen molar-refractivity contribution in [2.24, 2.45) is 0 Å². The van der Waals surface area contributed by atoms with E-state index in [0.717, 1.165) is 31.8 Å². The third-order valence-corrected chi connectivity index (χ3v) is 4.35. The van der Waals surface area contributed by atoms with Crippen molar-refractivity contribution in [3.05, 3.63) is 0 Å². The lowest BCUT2D eigenvalue weighted by atomic mass is 10.1. The van der Waals surface area contributed by atoms with Crippen molar-refractivity contribution in [2.75, 3.05) is 53.0 Å². The molecule has 2 aliphatic heterocycles. The Morgan fingerprint density at radius 1 is 1.28 bits per heavy atom. The summed E-state index contributed by atoms with van der Waals surface area (Å²) in [7, 11) is 1.75. The van der Waals surface area contributed by atoms with Crippen LogP contribution in [0.3, 0.4) is 0 Å². The fourth-order valence-corrected chi connectivity index (χ4v) is 3.27. The largest absolute Gasteiger partial charge is 0.383 e. The molecule has 4 heteroatoms. The van der Waals surface area contributed by atoms with Crippen molar-refractivity contribution >= 4 is 0 Å². The van der Waals surface area contributed by atoms with Gasteiger partial charge in [-0.3, -0.25) is 9.80 Å². The molecule has 0 aromatic rings. The van der Waals surface area contributed by atoms with Crippen LogP contribution in [0.25, 0.3) is 0 Å². The second-order valence-electron chi connectivity index (χ2n) is 5.73. The Balaban J connectivity index is 1.60. The van der Waals surface area contributed by atoms with Crippen LogP contribution >= 0.6 is 0 Å². The third kappa shape index (κ3) is 3.92. The van der Waals surface area contributed by atoms with Crippen LogP contribution in [0.15, 0.2) is 0 Å². The van der Waals surface area contributed by atoms with Crippen LogP contribution in [0.2, 0.25) is 0 Å². The number of rotatable bonds is 7. The number of hydrogen-bond donors (Lipinski definition) is 1. The van der Waals surface area contributed by atoms with Crippen LogP contribution in [-0.2, 0) is 4.74 Å². The minimum Gasteiger partial charge on any atom is -0.383 e. The van der Waals surface area contributed by atoms with Gasteiger partial charge >= 0.3 is 0 Å². The second kappa shape index (κ2) is 7.43. The molecule has 0 aliphatic carbocycles. The van der Waals surface area contributed by atoms with Crippen molar-refractivity contribution in [2.45, 2.75) is 38.3 Å². The Labute approximate surface area is 112 Å². The Morgan fingerprint density at radius 2 is 2.17 bits per heavy atom. The number of piperazine rings is 1. The molecule has 2 aliphatic rings. The van der Waals surface area contributed by atoms with Gasteiger partial charge in [-0.15, -0.1) is 0 Å². The molecule has 106 valence electrons. The maximum Gasteiger partial charge on any atom is 0.0587 e. The van der Waals surface area contributed by atoms with Gasteiger partial charge in [0.1, 0.15) is 0 Å². The third-order valence-electron chi connectivity index (χ3n) is 4.35. The van der Waals surface area contributed by atoms with E-state index in [1.165, 1.54) is 45.4 Å². The molecule has 2 fully saturated rings. The van der Waals surface area contributed by atoms with E-state index in [9.17, 15) is 0 Å². The maximum absolute atomic E-state index is 5.02. The molecule has 0 saturated carbocycles. The smallest absolute Gasteiger partial charge is 0.0587 e. The first-order valence-corrected chi connectivity index (χ1v) is 7.49. The van der Waals surface area contributed by atoms with E-state index >= 15 is 0 Å². The summed E-state index contributed by atoms with van der Waals surface area (Å²) in [5.74, 6) is 0. The summed E-state index contributed by atoms with van der Waals surface area (Å²) in [4.78, 5) is 5.38. The summed E-state index contributed by atoms with van der Waals surface area (Å²) in [6.07, 6.45) is 4.07. The first-order valence-electron chi connectivity index (χ1n) is 7.49. The highest BCUT2D eigenvalue weighted by atomic mass is 16.5. The summed E-state index contributed by atoms with van der Waals surface area (Å²) < 4.78 is 5.02. The average molecular weight is 255 g/mol. The van der Waals surface area contributed by atoms with Gasteiger partial charge in [0.05, 0.1) is 6.61 Å². The van der Waals surface area contributed by atoms with Crippen LogP contribution in [-0.4, -0.2) is 74.9 Å². The zero-order valence-corrected chi connectivity index (χ0v) is 12.0. The first-order chi connectivity index (χ1) is 8.81. The topological polar surface area (TPSA) is 27.7 Å². The van der Waals surface area contributed by atoms with Gasteiger partial charge in [-0.05, 0) is 45.8 Å². The predicted molar refractivity (Wildman–Crippen MR) is 75.0 cm³/mol. The standard InChI is InChI=1S/C14H29N3O/c1-13-11-17-8-3-5-14(17)12-16(13)9-4-6-15-7-10-18-2/h13-15H,3-12H2,1-2H3. The van der Waals surface area contributed by atoms with Gasteiger partial charge in [0, 0.05) is 38.8 Å². The zero-order valence-electron chi connectivity index (χ0n) is 12.0. The van der Waals surface area contributed by atoms with E-state index in [-0.39, 0.29) is 0 Å². The van der Waals surface area contributed by atoms with Gasteiger partial charge in [0.25, 0.3) is 0 Å². The van der Waals surface area contributed by atoms with E-state index in [2.05, 4.69) is 22.0 Å². The highest BCUT2D eigenvalue weighted by molar-refractivity contribution is 4.90. The Morgan fingerprint density at radius 3 is 3.00 bits per heavy atom. The molecule has 0 spiro atoms. The Hall–Kier alpha value is -0.160. The van der Waals surface area contributed by atoms with Crippen molar-refractivity contribution in [1.82, 2.24) is 15.1 Å². The molecule has 2 atom stereocenters. The van der Waals surface area contributed by atoms with Crippen LogP contribution in [0.1, 0.15) is 26.2 Å². The minimum atomic E-state index is 0.735. The second-order valence-corrected chi connectivity index (χ2v) is 5.73. The molecular formula is C14H29N3O. The van der Waals surface area contributed by atoms with E-state index in [1.54, 1.807) is 7.11 Å². The average Bonchev–Trinajstić information content (AvgIpc) is 2.80. The Kier molecular flexibility index (Phi) is 5.89. The fourth-order valence-electron chi connectivity index (χ4n) is 3.27. The van der Waals surface area contributed by atoms with E-state index in [4.69, 9.17) is 4.74 Å². The fraction of sp³-hybridized carbons (Fsp3) is 1.00. The number of nitrogens with one attached hydrogen (secondary N) is 1. The summed E-state index contributed by atoms with van der Waals surface area (Å²) in [6, 6.07) is 1.58. The molecule has 18 heavy (non-hydrogen) atoms. The number of fused-ring (bicyclic) bond motifs is 1. The summed E-state index contributed by atoms with van der Waals surface area (Å²) >= 11 is 0. The SMILES string of the molecule is COCCNCCCN1CC2CCCN2CC1C. The number of ether oxygens (including phenoxy) is 1. The van der Waals surface area contributed by atoms with Crippen molar-refractivity contribution in [3.8, 4) is 0 Å². The molecule has 0 amide bonds. The van der Waals surface area contributed by atoms with Crippen molar-refractivity contribution in [1.29, 1.82) is 0 Å². The van der Waals surface area contributed by atoms with Gasteiger partial charge in [0.2, 0.25) is 0 Å². The molecule has 0 aromatic heterocycles. The summed E-state index contributed by atoms with van der Waals surface area (Å²) in [6.45, 7) is 10.4. The van der Waals surface area contributed by atoms with Crippen LogP contribution < -0.4 is 5.32 Å². The molecule has 0 radical (unpaired) electrons. The molecule has 0 bridgehead atoms. The number of nitrogens with zero attached hydrogens (tertiary/aromatic N) is 2. The van der Waals surface area contributed by atoms with Gasteiger partial charge in [-0.2, -0.15) is 0 Å². The lowest BCUT2D eigenvalue weighted by Gasteiger charge is -2.42. The van der Waals surface area contributed by atoms with Crippen LogP contribution in [0.5, 0.6) is 0 Å². The lowest BCUT2D eigenvalue weighted by molar-refractivity contribution is 0.0588. The predicted octanol–water partition coefficient (Wildman–Crippen LogP) is 0.781. The normalized spacial score (nSPS) is 29.7. The molecule has 2 unspecified atom stereocenters. The molecule has 0 aromatic carbocycles. The van der Waals surface area contributed by atoms with Gasteiger partial charge in [-0.25, -0.2) is 0 Å². The molecule has 2 heterocycles. The minimum absolute atomic E-state index is 0.735. The van der Waals surface area contributed by atoms with Gasteiger partial charge < -0.3 is 10.1 Å². The van der Waals surface area contributed by atoms with Gasteiger partial charge in [0.15, 0.2) is 0 Å². The highest BCUT2D eigenvalue weighted by Gasteiger charge is 2.33. The zero-order chi connectivity index (χ0) is 12.8. The summed E-state index contributed by atoms with van der Waals surface area (Å²) in [5.41, 5.74) is 0. The van der Waals surface area contributed by atoms with E-state index in [1.807, 2.05) is 0 Å². The molecule has 2 rings (SSSR count). The summed E-state index contributed by atoms with van der Waals surface area (Å²) in [5, 5.41) is 3.42. The molecular weight excluding hydrogens is 226 g/mol. The number of hydrogen-bond acceptors (Lipinski definition) is 4. The molecule has 2 saturated heterocycles. The Bertz CT molecular complexity index is 237. The van der Waals surface area contributed by atoms with Crippen molar-refractivity contribution in [3.63, 3.8) is 0 Å². The highest BCUT2D eigenvalue weighted by Crippen LogP contribution is 2.24. The quantitative estimate of drug-likeness (QED) is 0.681. The van der Waals surface area contributed by atoms with Crippen LogP contribution in [0.4, 0.5) is 0 Å². The van der Waals surface area contributed by atoms with Gasteiger partial charge in [-0.1, -0.05) is 0 Å². The number of methoxy groups -OCH3 is 1.